The van der Waals surface area contributed by atoms with Crippen molar-refractivity contribution in [1.29, 1.82) is 0 Å². The first-order valence-electron chi connectivity index (χ1n) is 17.5. The van der Waals surface area contributed by atoms with Gasteiger partial charge in [0.25, 0.3) is 11.8 Å². The van der Waals surface area contributed by atoms with E-state index in [4.69, 9.17) is 34.8 Å². The Morgan fingerprint density at radius 3 is 2.10 bits per heavy atom. The van der Waals surface area contributed by atoms with E-state index in [0.717, 1.165) is 34.6 Å². The number of aliphatic carboxylic acids is 2. The summed E-state index contributed by atoms with van der Waals surface area (Å²) in [6, 6.07) is 24.7. The number of halogens is 6. The molecule has 2 aromatic heterocycles. The SMILES string of the molecule is O=C(O)C[C@H](NC(=O)c1csc(-c2ccc(Cl)cc2)n1)c1ccc(Cl)cc1Cl.O=C(O)[C@@H]1CN(C(=O)c2nc(-c3ccc(C(F)(F)F)cc3)cs2)C[C@H]1c1ccccc1. The van der Waals surface area contributed by atoms with Crippen molar-refractivity contribution in [1.82, 2.24) is 20.2 Å². The standard InChI is InChI=1S/C22H17F3N2O3S.C19H13Cl3N2O3S/c23-22(24,25)15-8-6-14(7-9-15)18-12-31-19(26-18)20(28)27-10-16(17(11-27)21(29)30)13-4-2-1-3-5-13;20-11-3-1-10(2-4-11)19-24-16(9-28-19)18(27)23-15(8-17(25)26)13-6-5-12(21)7-14(13)22/h1-9,12,16-17H,10-11H2,(H,29,30);1-7,9,15H,8H2,(H,23,27)(H,25,26)/t16-,17+;15-/m00/s1. The number of carbonyl (C=O) groups is 4. The Balaban J connectivity index is 0.000000199. The number of nitrogens with zero attached hydrogens (tertiary/aromatic N) is 3. The third-order valence-electron chi connectivity index (χ3n) is 9.20. The molecule has 0 bridgehead atoms. The third kappa shape index (κ3) is 10.8. The fourth-order valence-corrected chi connectivity index (χ4v) is 8.53. The summed E-state index contributed by atoms with van der Waals surface area (Å²) in [5, 5.41) is 26.9. The molecule has 4 aromatic carbocycles. The maximum Gasteiger partial charge on any atom is 0.416 e. The van der Waals surface area contributed by atoms with Crippen LogP contribution in [-0.2, 0) is 15.8 Å². The van der Waals surface area contributed by atoms with Crippen LogP contribution >= 0.6 is 57.5 Å². The van der Waals surface area contributed by atoms with E-state index < -0.39 is 41.5 Å². The van der Waals surface area contributed by atoms with E-state index in [0.29, 0.717) is 31.9 Å². The van der Waals surface area contributed by atoms with Crippen molar-refractivity contribution in [2.75, 3.05) is 13.1 Å². The van der Waals surface area contributed by atoms with Crippen LogP contribution in [-0.4, -0.2) is 61.9 Å². The van der Waals surface area contributed by atoms with Gasteiger partial charge in [0.2, 0.25) is 0 Å². The molecule has 1 fully saturated rings. The monoisotopic (exact) mass is 900 g/mol. The summed E-state index contributed by atoms with van der Waals surface area (Å²) < 4.78 is 38.2. The lowest BCUT2D eigenvalue weighted by atomic mass is 9.89. The average Bonchev–Trinajstić information content (AvgIpc) is 3.99. The molecule has 18 heteroatoms. The van der Waals surface area contributed by atoms with E-state index in [-0.39, 0.29) is 47.1 Å². The molecule has 1 saturated heterocycles. The third-order valence-corrected chi connectivity index (χ3v) is 11.7. The average molecular weight is 902 g/mol. The van der Waals surface area contributed by atoms with Gasteiger partial charge in [0.1, 0.15) is 10.7 Å². The summed E-state index contributed by atoms with van der Waals surface area (Å²) in [7, 11) is 0. The summed E-state index contributed by atoms with van der Waals surface area (Å²) in [4.78, 5) is 58.7. The number of alkyl halides is 3. The Morgan fingerprint density at radius 2 is 1.47 bits per heavy atom. The zero-order chi connectivity index (χ0) is 42.4. The van der Waals surface area contributed by atoms with Gasteiger partial charge in [-0.05, 0) is 47.5 Å². The minimum Gasteiger partial charge on any atom is -0.481 e. The van der Waals surface area contributed by atoms with Crippen LogP contribution in [0, 0.1) is 5.92 Å². The highest BCUT2D eigenvalue weighted by molar-refractivity contribution is 7.13. The van der Waals surface area contributed by atoms with Crippen molar-refractivity contribution in [2.24, 2.45) is 5.92 Å². The lowest BCUT2D eigenvalue weighted by Gasteiger charge is -2.18. The summed E-state index contributed by atoms with van der Waals surface area (Å²) in [5.74, 6) is -3.95. The largest absolute Gasteiger partial charge is 0.481 e. The molecule has 3 atom stereocenters. The molecule has 0 spiro atoms. The van der Waals surface area contributed by atoms with E-state index in [1.165, 1.54) is 34.4 Å². The number of nitrogens with one attached hydrogen (secondary N) is 1. The zero-order valence-corrected chi connectivity index (χ0v) is 34.1. The van der Waals surface area contributed by atoms with Crippen LogP contribution in [0.15, 0.2) is 108 Å². The second kappa shape index (κ2) is 18.7. The van der Waals surface area contributed by atoms with Crippen molar-refractivity contribution in [3.8, 4) is 21.8 Å². The zero-order valence-electron chi connectivity index (χ0n) is 30.2. The molecule has 304 valence electrons. The number of carboxylic acid groups (broad SMARTS) is 2. The number of likely N-dealkylation sites (tertiary alicyclic amines) is 1. The van der Waals surface area contributed by atoms with Gasteiger partial charge < -0.3 is 20.4 Å². The van der Waals surface area contributed by atoms with Crippen LogP contribution < -0.4 is 5.32 Å². The van der Waals surface area contributed by atoms with Crippen molar-refractivity contribution in [3.63, 3.8) is 0 Å². The van der Waals surface area contributed by atoms with Crippen LogP contribution in [0.4, 0.5) is 13.2 Å². The van der Waals surface area contributed by atoms with E-state index in [1.54, 1.807) is 35.0 Å². The molecule has 3 heterocycles. The van der Waals surface area contributed by atoms with Crippen molar-refractivity contribution in [2.45, 2.75) is 24.6 Å². The molecule has 59 heavy (non-hydrogen) atoms. The number of rotatable bonds is 10. The number of amides is 2. The highest BCUT2D eigenvalue weighted by Crippen LogP contribution is 2.36. The Kier molecular flexibility index (Phi) is 13.7. The molecule has 10 nitrogen and oxygen atoms in total. The molecule has 0 saturated carbocycles. The Labute approximate surface area is 357 Å². The Morgan fingerprint density at radius 1 is 0.814 bits per heavy atom. The molecular formula is C41H30Cl3F3N4O6S2. The van der Waals surface area contributed by atoms with Gasteiger partial charge in [-0.1, -0.05) is 95.5 Å². The summed E-state index contributed by atoms with van der Waals surface area (Å²) in [5.41, 5.74) is 2.45. The molecule has 6 aromatic rings. The van der Waals surface area contributed by atoms with Crippen molar-refractivity contribution >= 4 is 81.2 Å². The predicted molar refractivity (Wildman–Crippen MR) is 220 cm³/mol. The topological polar surface area (TPSA) is 150 Å². The highest BCUT2D eigenvalue weighted by Gasteiger charge is 2.41. The minimum atomic E-state index is -4.42. The second-order valence-corrected chi connectivity index (χ2v) is 16.1. The molecule has 7 rings (SSSR count). The molecule has 0 aliphatic carbocycles. The number of hydrogen-bond donors (Lipinski definition) is 3. The first kappa shape index (κ1) is 43.3. The molecule has 0 unspecified atom stereocenters. The minimum absolute atomic E-state index is 0.0723. The number of carbonyl (C=O) groups excluding carboxylic acids is 2. The van der Waals surface area contributed by atoms with Gasteiger partial charge in [0.15, 0.2) is 5.01 Å². The predicted octanol–water partition coefficient (Wildman–Crippen LogP) is 10.5. The fourth-order valence-electron chi connectivity index (χ4n) is 6.26. The Hall–Kier alpha value is -5.32. The quantitative estimate of drug-likeness (QED) is 0.123. The van der Waals surface area contributed by atoms with Crippen LogP contribution in [0.3, 0.4) is 0 Å². The van der Waals surface area contributed by atoms with Crippen LogP contribution in [0.2, 0.25) is 15.1 Å². The van der Waals surface area contributed by atoms with Gasteiger partial charge >= 0.3 is 18.1 Å². The maximum absolute atomic E-state index is 13.0. The second-order valence-electron chi connectivity index (χ2n) is 13.1. The van der Waals surface area contributed by atoms with Crippen LogP contribution in [0.25, 0.3) is 21.8 Å². The van der Waals surface area contributed by atoms with Gasteiger partial charge in [-0.2, -0.15) is 13.2 Å². The first-order valence-corrected chi connectivity index (χ1v) is 20.4. The van der Waals surface area contributed by atoms with Crippen LogP contribution in [0.5, 0.6) is 0 Å². The number of hydrogen-bond acceptors (Lipinski definition) is 8. The highest BCUT2D eigenvalue weighted by atomic mass is 35.5. The molecule has 0 radical (unpaired) electrons. The fraction of sp³-hybridized carbons (Fsp3) is 0.171. The summed E-state index contributed by atoms with van der Waals surface area (Å²) in [6.07, 6.45) is -4.76. The van der Waals surface area contributed by atoms with E-state index in [1.807, 2.05) is 42.5 Å². The van der Waals surface area contributed by atoms with E-state index in [2.05, 4.69) is 15.3 Å². The number of thiazole rings is 2. The van der Waals surface area contributed by atoms with Crippen molar-refractivity contribution in [3.05, 3.63) is 150 Å². The van der Waals surface area contributed by atoms with Gasteiger partial charge in [-0.15, -0.1) is 22.7 Å². The molecular weight excluding hydrogens is 872 g/mol. The van der Waals surface area contributed by atoms with Crippen molar-refractivity contribution < 1.29 is 42.6 Å². The van der Waals surface area contributed by atoms with E-state index >= 15 is 0 Å². The lowest BCUT2D eigenvalue weighted by molar-refractivity contribution is -0.142. The molecule has 3 N–H and O–H groups in total. The Bertz CT molecular complexity index is 2470. The van der Waals surface area contributed by atoms with Gasteiger partial charge in [-0.3, -0.25) is 19.2 Å². The summed E-state index contributed by atoms with van der Waals surface area (Å²) in [6.45, 7) is 0.331. The number of benzene rings is 4. The molecule has 1 aliphatic heterocycles. The number of aromatic nitrogens is 2. The smallest absolute Gasteiger partial charge is 0.416 e. The van der Waals surface area contributed by atoms with Gasteiger partial charge in [-0.25, -0.2) is 9.97 Å². The molecule has 2 amide bonds. The normalized spacial score (nSPS) is 15.5. The molecule has 1 aliphatic rings. The van der Waals surface area contributed by atoms with Gasteiger partial charge in [0.05, 0.1) is 29.6 Å². The van der Waals surface area contributed by atoms with Crippen LogP contribution in [0.1, 0.15) is 55.4 Å². The van der Waals surface area contributed by atoms with Gasteiger partial charge in [0, 0.05) is 56.0 Å². The summed E-state index contributed by atoms with van der Waals surface area (Å²) >= 11 is 20.3. The maximum atomic E-state index is 13.0. The number of carboxylic acids is 2. The van der Waals surface area contributed by atoms with E-state index in [9.17, 15) is 42.6 Å². The first-order chi connectivity index (χ1) is 28.1. The lowest BCUT2D eigenvalue weighted by Crippen LogP contribution is -2.30.